The fraction of sp³-hybridized carbons (Fsp3) is 0.833. The Morgan fingerprint density at radius 3 is 2.89 bits per heavy atom. The summed E-state index contributed by atoms with van der Waals surface area (Å²) in [4.78, 5) is 10.8. The van der Waals surface area contributed by atoms with E-state index in [4.69, 9.17) is 9.84 Å². The molecule has 1 heterocycles. The number of carbonyl (C=O) groups excluding carboxylic acids is 1. The van der Waals surface area contributed by atoms with Gasteiger partial charge in [-0.25, -0.2) is 0 Å². The van der Waals surface area contributed by atoms with Gasteiger partial charge in [0.25, 0.3) is 0 Å². The van der Waals surface area contributed by atoms with Crippen LogP contribution < -0.4 is 0 Å². The van der Waals surface area contributed by atoms with Gasteiger partial charge in [-0.3, -0.25) is 4.79 Å². The van der Waals surface area contributed by atoms with Crippen molar-refractivity contribution in [3.05, 3.63) is 0 Å². The van der Waals surface area contributed by atoms with Crippen LogP contribution in [0.3, 0.4) is 0 Å². The molecule has 1 aliphatic heterocycles. The van der Waals surface area contributed by atoms with Crippen molar-refractivity contribution in [1.29, 1.82) is 0 Å². The van der Waals surface area contributed by atoms with E-state index in [1.54, 1.807) is 0 Å². The fourth-order valence-corrected chi connectivity index (χ4v) is 1.43. The largest absolute Gasteiger partial charge is 0.465 e. The minimum Gasteiger partial charge on any atom is -0.465 e. The maximum atomic E-state index is 10.8. The molecule has 0 aromatic heterocycles. The van der Waals surface area contributed by atoms with Gasteiger partial charge < -0.3 is 9.84 Å². The lowest BCUT2D eigenvalue weighted by Crippen LogP contribution is -2.17. The third-order valence-corrected chi connectivity index (χ3v) is 2.34. The van der Waals surface area contributed by atoms with Gasteiger partial charge in [0.2, 0.25) is 0 Å². The molecule has 0 unspecified atom stereocenters. The second-order valence-corrected chi connectivity index (χ2v) is 2.81. The lowest BCUT2D eigenvalue weighted by atomic mass is 10.1. The highest BCUT2D eigenvalue weighted by atomic mass is 16.5. The van der Waals surface area contributed by atoms with Crippen molar-refractivity contribution in [2.75, 3.05) is 13.2 Å². The van der Waals surface area contributed by atoms with Crippen molar-refractivity contribution in [3.63, 3.8) is 0 Å². The molecule has 3 nitrogen and oxygen atoms in total. The van der Waals surface area contributed by atoms with Crippen LogP contribution in [0, 0.1) is 11.3 Å². The lowest BCUT2D eigenvalue weighted by Gasteiger charge is -2.01. The van der Waals surface area contributed by atoms with Crippen LogP contribution in [0.4, 0.5) is 0 Å². The molecule has 1 saturated heterocycles. The molecule has 1 saturated carbocycles. The Morgan fingerprint density at radius 2 is 2.67 bits per heavy atom. The van der Waals surface area contributed by atoms with Gasteiger partial charge in [-0.1, -0.05) is 0 Å². The number of hydrogen-bond acceptors (Lipinski definition) is 3. The van der Waals surface area contributed by atoms with E-state index in [9.17, 15) is 4.79 Å². The minimum atomic E-state index is -0.444. The summed E-state index contributed by atoms with van der Waals surface area (Å²) in [6, 6.07) is 0. The van der Waals surface area contributed by atoms with Gasteiger partial charge in [-0.15, -0.1) is 0 Å². The quantitative estimate of drug-likeness (QED) is 0.486. The zero-order valence-corrected chi connectivity index (χ0v) is 4.96. The molecule has 50 valence electrons. The smallest absolute Gasteiger partial charge is 0.314 e. The standard InChI is InChI=1S/C6H8O3/c7-3-6-1-4(6)2-9-5(6)8/h4,7H,1-3H2/t4-,6+/m0/s1. The van der Waals surface area contributed by atoms with Crippen LogP contribution in [-0.4, -0.2) is 24.3 Å². The molecule has 1 N–H and O–H groups in total. The number of cyclic esters (lactones) is 1. The molecule has 2 aliphatic rings. The van der Waals surface area contributed by atoms with Gasteiger partial charge in [0.1, 0.15) is 0 Å². The molecule has 0 aromatic carbocycles. The van der Waals surface area contributed by atoms with Gasteiger partial charge >= 0.3 is 5.97 Å². The normalized spacial score (nSPS) is 46.3. The molecule has 9 heavy (non-hydrogen) atoms. The molecule has 0 radical (unpaired) electrons. The molecule has 2 rings (SSSR count). The number of ether oxygens (including phenoxy) is 1. The van der Waals surface area contributed by atoms with Gasteiger partial charge in [0, 0.05) is 5.92 Å². The predicted octanol–water partition coefficient (Wildman–Crippen LogP) is -0.458. The summed E-state index contributed by atoms with van der Waals surface area (Å²) >= 11 is 0. The fourth-order valence-electron chi connectivity index (χ4n) is 1.43. The first kappa shape index (κ1) is 5.23. The van der Waals surface area contributed by atoms with Crippen molar-refractivity contribution in [3.8, 4) is 0 Å². The van der Waals surface area contributed by atoms with Gasteiger partial charge in [-0.2, -0.15) is 0 Å². The first-order valence-electron chi connectivity index (χ1n) is 3.08. The summed E-state index contributed by atoms with van der Waals surface area (Å²) in [7, 11) is 0. The predicted molar refractivity (Wildman–Crippen MR) is 28.6 cm³/mol. The Hall–Kier alpha value is -0.570. The Balaban J connectivity index is 2.23. The zero-order valence-electron chi connectivity index (χ0n) is 4.96. The molecular formula is C6H8O3. The summed E-state index contributed by atoms with van der Waals surface area (Å²) in [6.45, 7) is 0.496. The molecule has 0 aromatic rings. The Kier molecular flexibility index (Phi) is 0.750. The Bertz CT molecular complexity index is 162. The first-order valence-corrected chi connectivity index (χ1v) is 3.08. The average molecular weight is 128 g/mol. The number of rotatable bonds is 1. The van der Waals surface area contributed by atoms with E-state index in [1.165, 1.54) is 0 Å². The van der Waals surface area contributed by atoms with E-state index >= 15 is 0 Å². The number of fused-ring (bicyclic) bond motifs is 1. The van der Waals surface area contributed by atoms with Crippen molar-refractivity contribution < 1.29 is 14.6 Å². The summed E-state index contributed by atoms with van der Waals surface area (Å²) in [5, 5.41) is 8.74. The van der Waals surface area contributed by atoms with Gasteiger partial charge in [0.15, 0.2) is 0 Å². The topological polar surface area (TPSA) is 46.5 Å². The van der Waals surface area contributed by atoms with E-state index < -0.39 is 5.41 Å². The summed E-state index contributed by atoms with van der Waals surface area (Å²) in [5.41, 5.74) is -0.444. The second-order valence-electron chi connectivity index (χ2n) is 2.81. The molecule has 3 heteroatoms. The molecule has 0 amide bonds. The van der Waals surface area contributed by atoms with Crippen LogP contribution in [0.1, 0.15) is 6.42 Å². The van der Waals surface area contributed by atoms with E-state index in [0.717, 1.165) is 6.42 Å². The molecule has 1 aliphatic carbocycles. The highest BCUT2D eigenvalue weighted by molar-refractivity contribution is 5.83. The van der Waals surface area contributed by atoms with Crippen molar-refractivity contribution in [2.24, 2.45) is 11.3 Å². The maximum absolute atomic E-state index is 10.8. The van der Waals surface area contributed by atoms with E-state index in [1.807, 2.05) is 0 Å². The Morgan fingerprint density at radius 1 is 1.89 bits per heavy atom. The molecule has 0 spiro atoms. The van der Waals surface area contributed by atoms with Gasteiger partial charge in [0.05, 0.1) is 18.6 Å². The molecule has 0 bridgehead atoms. The van der Waals surface area contributed by atoms with Crippen LogP contribution in [-0.2, 0) is 9.53 Å². The minimum absolute atomic E-state index is 0.0312. The Labute approximate surface area is 52.6 Å². The molecule has 2 fully saturated rings. The average Bonchev–Trinajstić information content (AvgIpc) is 2.52. The van der Waals surface area contributed by atoms with Crippen molar-refractivity contribution >= 4 is 5.97 Å². The summed E-state index contributed by atoms with van der Waals surface area (Å²) < 4.78 is 4.71. The number of esters is 1. The highest BCUT2D eigenvalue weighted by Crippen LogP contribution is 2.57. The van der Waals surface area contributed by atoms with Crippen molar-refractivity contribution in [2.45, 2.75) is 6.42 Å². The lowest BCUT2D eigenvalue weighted by molar-refractivity contribution is -0.146. The van der Waals surface area contributed by atoms with Crippen LogP contribution in [0.5, 0.6) is 0 Å². The highest BCUT2D eigenvalue weighted by Gasteiger charge is 2.65. The third-order valence-electron chi connectivity index (χ3n) is 2.34. The maximum Gasteiger partial charge on any atom is 0.314 e. The molecular weight excluding hydrogens is 120 g/mol. The van der Waals surface area contributed by atoms with E-state index in [0.29, 0.717) is 12.5 Å². The van der Waals surface area contributed by atoms with E-state index in [2.05, 4.69) is 0 Å². The van der Waals surface area contributed by atoms with Gasteiger partial charge in [-0.05, 0) is 6.42 Å². The van der Waals surface area contributed by atoms with Crippen LogP contribution in [0.25, 0.3) is 0 Å². The van der Waals surface area contributed by atoms with Crippen LogP contribution in [0.15, 0.2) is 0 Å². The summed E-state index contributed by atoms with van der Waals surface area (Å²) in [6.07, 6.45) is 0.836. The first-order chi connectivity index (χ1) is 4.29. The number of aliphatic hydroxyl groups is 1. The van der Waals surface area contributed by atoms with E-state index in [-0.39, 0.29) is 12.6 Å². The SMILES string of the molecule is O=C1OC[C@@H]2C[C@]12CO. The van der Waals surface area contributed by atoms with Crippen LogP contribution in [0.2, 0.25) is 0 Å². The summed E-state index contributed by atoms with van der Waals surface area (Å²) in [5.74, 6) is 0.130. The number of hydrogen-bond donors (Lipinski definition) is 1. The number of carbonyl (C=O) groups is 1. The number of aliphatic hydroxyl groups excluding tert-OH is 1. The van der Waals surface area contributed by atoms with Crippen LogP contribution >= 0.6 is 0 Å². The monoisotopic (exact) mass is 128 g/mol. The van der Waals surface area contributed by atoms with Crippen molar-refractivity contribution in [1.82, 2.24) is 0 Å². The third kappa shape index (κ3) is 0.435. The second kappa shape index (κ2) is 1.29. The molecule has 2 atom stereocenters. The zero-order chi connectivity index (χ0) is 6.48.